The first-order valence-corrected chi connectivity index (χ1v) is 11.4. The molecule has 3 aliphatic rings. The Morgan fingerprint density at radius 2 is 1.60 bits per heavy atom. The summed E-state index contributed by atoms with van der Waals surface area (Å²) in [6, 6.07) is 11.5. The van der Waals surface area contributed by atoms with Crippen LogP contribution in [-0.4, -0.2) is 47.5 Å². The van der Waals surface area contributed by atoms with Gasteiger partial charge in [0.25, 0.3) is 11.8 Å². The molecule has 9 heteroatoms. The van der Waals surface area contributed by atoms with Gasteiger partial charge in [0.2, 0.25) is 0 Å². The minimum atomic E-state index is -4.40. The van der Waals surface area contributed by atoms with E-state index in [-0.39, 0.29) is 24.3 Å². The largest absolute Gasteiger partial charge is 0.416 e. The quantitative estimate of drug-likeness (QED) is 0.562. The number of carbonyl (C=O) groups is 2. The zero-order chi connectivity index (χ0) is 25.0. The molecule has 3 aliphatic heterocycles. The lowest BCUT2D eigenvalue weighted by molar-refractivity contribution is -0.205. The first-order valence-electron chi connectivity index (χ1n) is 11.4. The highest BCUT2D eigenvalue weighted by atomic mass is 19.4. The standard InChI is InChI=1S/C26H24F3NO5/c1-25(2)34-21-19(13-14-30-22(31)17-5-3-4-6-18(17)23(30)32)20(33-24(21)35-25)12-9-15-7-10-16(11-8-15)26(27,28)29/h3-12,19-21,24H,13-14H2,1-2H3/t19-,20-,21-,24-/m0/s1. The number of rotatable bonds is 5. The molecule has 184 valence electrons. The van der Waals surface area contributed by atoms with Crippen LogP contribution in [0.25, 0.3) is 6.08 Å². The highest BCUT2D eigenvalue weighted by Crippen LogP contribution is 2.43. The van der Waals surface area contributed by atoms with Gasteiger partial charge < -0.3 is 14.2 Å². The normalized spacial score (nSPS) is 27.6. The van der Waals surface area contributed by atoms with Gasteiger partial charge in [0, 0.05) is 12.5 Å². The van der Waals surface area contributed by atoms with E-state index >= 15 is 0 Å². The maximum absolute atomic E-state index is 12.8. The van der Waals surface area contributed by atoms with E-state index in [1.165, 1.54) is 17.0 Å². The Morgan fingerprint density at radius 1 is 0.971 bits per heavy atom. The number of nitrogens with zero attached hydrogens (tertiary/aromatic N) is 1. The van der Waals surface area contributed by atoms with Crippen LogP contribution in [0.4, 0.5) is 13.2 Å². The molecule has 0 radical (unpaired) electrons. The van der Waals surface area contributed by atoms with Gasteiger partial charge in [-0.2, -0.15) is 13.2 Å². The number of amides is 2. The molecule has 0 aliphatic carbocycles. The van der Waals surface area contributed by atoms with Crippen molar-refractivity contribution in [1.29, 1.82) is 0 Å². The molecule has 0 bridgehead atoms. The summed E-state index contributed by atoms with van der Waals surface area (Å²) in [6.45, 7) is 3.74. The van der Waals surface area contributed by atoms with Crippen molar-refractivity contribution in [2.75, 3.05) is 6.54 Å². The van der Waals surface area contributed by atoms with E-state index in [1.54, 1.807) is 50.3 Å². The van der Waals surface area contributed by atoms with Crippen LogP contribution in [0.2, 0.25) is 0 Å². The number of fused-ring (bicyclic) bond motifs is 2. The molecule has 6 nitrogen and oxygen atoms in total. The number of hydrogen-bond donors (Lipinski definition) is 0. The van der Waals surface area contributed by atoms with Gasteiger partial charge in [-0.1, -0.05) is 36.4 Å². The average molecular weight is 487 g/mol. The maximum Gasteiger partial charge on any atom is 0.416 e. The minimum absolute atomic E-state index is 0.179. The second-order valence-corrected chi connectivity index (χ2v) is 9.31. The van der Waals surface area contributed by atoms with Crippen LogP contribution in [0.5, 0.6) is 0 Å². The summed E-state index contributed by atoms with van der Waals surface area (Å²) in [7, 11) is 0. The van der Waals surface area contributed by atoms with Crippen molar-refractivity contribution in [3.8, 4) is 0 Å². The number of carbonyl (C=O) groups excluding carboxylic acids is 2. The van der Waals surface area contributed by atoms with E-state index in [0.29, 0.717) is 23.1 Å². The topological polar surface area (TPSA) is 65.1 Å². The van der Waals surface area contributed by atoms with Gasteiger partial charge in [-0.05, 0) is 50.1 Å². The van der Waals surface area contributed by atoms with Crippen molar-refractivity contribution in [1.82, 2.24) is 4.90 Å². The van der Waals surface area contributed by atoms with Crippen LogP contribution in [0.1, 0.15) is 52.1 Å². The van der Waals surface area contributed by atoms with E-state index in [4.69, 9.17) is 14.2 Å². The minimum Gasteiger partial charge on any atom is -0.342 e. The van der Waals surface area contributed by atoms with Gasteiger partial charge in [-0.15, -0.1) is 0 Å². The van der Waals surface area contributed by atoms with Crippen LogP contribution >= 0.6 is 0 Å². The third kappa shape index (κ3) is 4.51. The Kier molecular flexibility index (Phi) is 5.82. The summed E-state index contributed by atoms with van der Waals surface area (Å²) in [5.41, 5.74) is 0.640. The molecular weight excluding hydrogens is 463 g/mol. The summed E-state index contributed by atoms with van der Waals surface area (Å²) in [4.78, 5) is 26.7. The molecule has 2 amide bonds. The molecule has 3 heterocycles. The second-order valence-electron chi connectivity index (χ2n) is 9.31. The summed E-state index contributed by atoms with van der Waals surface area (Å²) in [6.07, 6.45) is -2.06. The highest BCUT2D eigenvalue weighted by Gasteiger charge is 2.54. The zero-order valence-corrected chi connectivity index (χ0v) is 19.1. The molecule has 2 saturated heterocycles. The Morgan fingerprint density at radius 3 is 2.20 bits per heavy atom. The monoisotopic (exact) mass is 487 g/mol. The van der Waals surface area contributed by atoms with Gasteiger partial charge in [0.15, 0.2) is 12.1 Å². The molecule has 0 spiro atoms. The van der Waals surface area contributed by atoms with Gasteiger partial charge in [-0.3, -0.25) is 14.5 Å². The Balaban J connectivity index is 1.32. The first kappa shape index (κ1) is 23.7. The number of hydrogen-bond acceptors (Lipinski definition) is 5. The Bertz CT molecular complexity index is 1140. The second kappa shape index (κ2) is 8.58. The smallest absolute Gasteiger partial charge is 0.342 e. The molecule has 0 aromatic heterocycles. The van der Waals surface area contributed by atoms with E-state index in [1.807, 2.05) is 0 Å². The van der Waals surface area contributed by atoms with Crippen molar-refractivity contribution in [2.45, 2.75) is 50.7 Å². The number of imide groups is 1. The van der Waals surface area contributed by atoms with Gasteiger partial charge in [0.1, 0.15) is 6.10 Å². The van der Waals surface area contributed by atoms with Gasteiger partial charge >= 0.3 is 6.18 Å². The zero-order valence-electron chi connectivity index (χ0n) is 19.1. The van der Waals surface area contributed by atoms with Crippen molar-refractivity contribution in [3.05, 3.63) is 76.9 Å². The van der Waals surface area contributed by atoms with E-state index in [9.17, 15) is 22.8 Å². The SMILES string of the molecule is CC1(C)O[C@@H]2O[C@@H](C=Cc3ccc(C(F)(F)F)cc3)[C@H](CCN3C(=O)c4ccccc4C3=O)[C@@H]2O1. The number of benzene rings is 2. The number of ether oxygens (including phenoxy) is 3. The fraction of sp³-hybridized carbons (Fsp3) is 0.385. The molecule has 0 N–H and O–H groups in total. The van der Waals surface area contributed by atoms with Crippen LogP contribution < -0.4 is 0 Å². The predicted molar refractivity (Wildman–Crippen MR) is 119 cm³/mol. The average Bonchev–Trinajstić information content (AvgIpc) is 3.36. The summed E-state index contributed by atoms with van der Waals surface area (Å²) >= 11 is 0. The predicted octanol–water partition coefficient (Wildman–Crippen LogP) is 4.90. The Hall–Kier alpha value is -3.01. The lowest BCUT2D eigenvalue weighted by atomic mass is 9.93. The molecule has 0 unspecified atom stereocenters. The molecule has 2 aromatic rings. The molecule has 5 rings (SSSR count). The third-order valence-corrected chi connectivity index (χ3v) is 6.50. The van der Waals surface area contributed by atoms with Gasteiger partial charge in [-0.25, -0.2) is 0 Å². The van der Waals surface area contributed by atoms with Crippen LogP contribution in [0, 0.1) is 5.92 Å². The fourth-order valence-corrected chi connectivity index (χ4v) is 4.82. The summed E-state index contributed by atoms with van der Waals surface area (Å²) < 4.78 is 56.5. The first-order chi connectivity index (χ1) is 16.5. The van der Waals surface area contributed by atoms with Crippen molar-refractivity contribution in [2.24, 2.45) is 5.92 Å². The maximum atomic E-state index is 12.8. The lowest BCUT2D eigenvalue weighted by Gasteiger charge is -2.25. The van der Waals surface area contributed by atoms with Crippen molar-refractivity contribution in [3.63, 3.8) is 0 Å². The van der Waals surface area contributed by atoms with E-state index in [2.05, 4.69) is 0 Å². The third-order valence-electron chi connectivity index (χ3n) is 6.50. The molecule has 2 fully saturated rings. The molecule has 0 saturated carbocycles. The molecule has 35 heavy (non-hydrogen) atoms. The molecule has 2 aromatic carbocycles. The van der Waals surface area contributed by atoms with Crippen LogP contribution in [0.15, 0.2) is 54.6 Å². The number of alkyl halides is 3. The van der Waals surface area contributed by atoms with Crippen molar-refractivity contribution < 1.29 is 37.0 Å². The van der Waals surface area contributed by atoms with Gasteiger partial charge in [0.05, 0.1) is 22.8 Å². The summed E-state index contributed by atoms with van der Waals surface area (Å²) in [5, 5.41) is 0. The number of halogens is 3. The van der Waals surface area contributed by atoms with E-state index < -0.39 is 36.0 Å². The molecule has 4 atom stereocenters. The summed E-state index contributed by atoms with van der Waals surface area (Å²) in [5.74, 6) is -1.74. The lowest BCUT2D eigenvalue weighted by Crippen LogP contribution is -2.36. The van der Waals surface area contributed by atoms with E-state index in [0.717, 1.165) is 12.1 Å². The Labute approximate surface area is 200 Å². The van der Waals surface area contributed by atoms with Crippen molar-refractivity contribution >= 4 is 17.9 Å². The fourth-order valence-electron chi connectivity index (χ4n) is 4.82. The van der Waals surface area contributed by atoms with Crippen LogP contribution in [0.3, 0.4) is 0 Å². The van der Waals surface area contributed by atoms with Crippen LogP contribution in [-0.2, 0) is 20.4 Å². The molecular formula is C26H24F3NO5. The highest BCUT2D eigenvalue weighted by molar-refractivity contribution is 6.21.